The van der Waals surface area contributed by atoms with Gasteiger partial charge in [-0.2, -0.15) is 4.98 Å². The van der Waals surface area contributed by atoms with Crippen LogP contribution in [0.25, 0.3) is 0 Å². The van der Waals surface area contributed by atoms with E-state index in [-0.39, 0.29) is 29.6 Å². The molecule has 0 unspecified atom stereocenters. The molecule has 0 saturated heterocycles. The first-order valence-corrected chi connectivity index (χ1v) is 6.16. The summed E-state index contributed by atoms with van der Waals surface area (Å²) < 4.78 is 4.72. The summed E-state index contributed by atoms with van der Waals surface area (Å²) in [6.07, 6.45) is 0. The highest BCUT2D eigenvalue weighted by Crippen LogP contribution is 2.13. The second kappa shape index (κ2) is 6.43. The number of benzene rings is 1. The number of hydrogen-bond donors (Lipinski definition) is 2. The molecule has 22 heavy (non-hydrogen) atoms. The molecule has 0 aliphatic carbocycles. The Morgan fingerprint density at radius 1 is 1.36 bits per heavy atom. The van der Waals surface area contributed by atoms with Crippen LogP contribution < -0.4 is 5.32 Å². The first-order valence-electron chi connectivity index (χ1n) is 6.16. The van der Waals surface area contributed by atoms with Crippen LogP contribution in [0, 0.1) is 10.1 Å². The lowest BCUT2D eigenvalue weighted by Gasteiger charge is -2.00. The number of aromatic amines is 1. The van der Waals surface area contributed by atoms with Crippen molar-refractivity contribution in [2.45, 2.75) is 6.92 Å². The molecule has 2 aromatic rings. The fourth-order valence-electron chi connectivity index (χ4n) is 1.52. The van der Waals surface area contributed by atoms with Gasteiger partial charge in [0.2, 0.25) is 11.8 Å². The van der Waals surface area contributed by atoms with Crippen molar-refractivity contribution >= 4 is 23.5 Å². The minimum atomic E-state index is -0.689. The largest absolute Gasteiger partial charge is 0.460 e. The van der Waals surface area contributed by atoms with Crippen LogP contribution in [-0.2, 0) is 4.74 Å². The molecule has 10 heteroatoms. The number of nitro groups is 1. The van der Waals surface area contributed by atoms with Crippen molar-refractivity contribution in [3.05, 3.63) is 45.8 Å². The highest BCUT2D eigenvalue weighted by atomic mass is 16.6. The van der Waals surface area contributed by atoms with Crippen molar-refractivity contribution in [2.75, 3.05) is 11.9 Å². The Hall–Kier alpha value is -3.30. The van der Waals surface area contributed by atoms with Gasteiger partial charge >= 0.3 is 5.97 Å². The van der Waals surface area contributed by atoms with Crippen molar-refractivity contribution in [1.29, 1.82) is 0 Å². The summed E-state index contributed by atoms with van der Waals surface area (Å²) in [5.41, 5.74) is 0.0622. The van der Waals surface area contributed by atoms with Gasteiger partial charge in [-0.15, -0.1) is 5.10 Å². The Labute approximate surface area is 123 Å². The van der Waals surface area contributed by atoms with Crippen LogP contribution in [0.2, 0.25) is 0 Å². The Morgan fingerprint density at radius 2 is 2.05 bits per heavy atom. The van der Waals surface area contributed by atoms with Crippen molar-refractivity contribution in [1.82, 2.24) is 15.2 Å². The molecule has 0 atom stereocenters. The molecule has 0 saturated carbocycles. The molecule has 1 amide bonds. The Balaban J connectivity index is 2.05. The van der Waals surface area contributed by atoms with Crippen LogP contribution >= 0.6 is 0 Å². The Kier molecular flexibility index (Phi) is 4.41. The van der Waals surface area contributed by atoms with Gasteiger partial charge in [0, 0.05) is 17.7 Å². The number of hydrogen-bond acceptors (Lipinski definition) is 7. The smallest absolute Gasteiger partial charge is 0.375 e. The summed E-state index contributed by atoms with van der Waals surface area (Å²) in [5.74, 6) is -1.50. The molecule has 2 rings (SSSR count). The van der Waals surface area contributed by atoms with Crippen molar-refractivity contribution in [3.8, 4) is 0 Å². The highest BCUT2D eigenvalue weighted by Gasteiger charge is 2.15. The van der Waals surface area contributed by atoms with Gasteiger partial charge in [-0.05, 0) is 19.1 Å². The zero-order valence-corrected chi connectivity index (χ0v) is 11.4. The molecule has 0 bridgehead atoms. The number of amides is 1. The molecule has 114 valence electrons. The van der Waals surface area contributed by atoms with E-state index in [2.05, 4.69) is 20.5 Å². The van der Waals surface area contributed by atoms with Gasteiger partial charge in [-0.3, -0.25) is 25.3 Å². The molecule has 0 spiro atoms. The number of H-pyrrole nitrogens is 1. The third-order valence-corrected chi connectivity index (χ3v) is 2.52. The molecule has 1 aromatic heterocycles. The summed E-state index contributed by atoms with van der Waals surface area (Å²) in [7, 11) is 0. The number of anilines is 1. The molecule has 0 fully saturated rings. The van der Waals surface area contributed by atoms with Crippen LogP contribution in [0.1, 0.15) is 27.9 Å². The van der Waals surface area contributed by atoms with E-state index in [4.69, 9.17) is 4.74 Å². The van der Waals surface area contributed by atoms with E-state index in [1.165, 1.54) is 24.3 Å². The van der Waals surface area contributed by atoms with Crippen molar-refractivity contribution in [2.24, 2.45) is 0 Å². The fraction of sp³-hybridized carbons (Fsp3) is 0.167. The predicted octanol–water partition coefficient (Wildman–Crippen LogP) is 1.14. The third kappa shape index (κ3) is 3.42. The molecule has 0 radical (unpaired) electrons. The molecule has 2 N–H and O–H groups in total. The lowest BCUT2D eigenvalue weighted by Crippen LogP contribution is -2.13. The second-order valence-corrected chi connectivity index (χ2v) is 3.99. The average molecular weight is 305 g/mol. The van der Waals surface area contributed by atoms with E-state index in [1.54, 1.807) is 6.92 Å². The topological polar surface area (TPSA) is 140 Å². The number of non-ortho nitro benzene ring substituents is 1. The van der Waals surface area contributed by atoms with Gasteiger partial charge in [0.05, 0.1) is 11.5 Å². The van der Waals surface area contributed by atoms with Gasteiger partial charge in [0.25, 0.3) is 11.6 Å². The quantitative estimate of drug-likeness (QED) is 0.479. The van der Waals surface area contributed by atoms with E-state index in [1.807, 2.05) is 0 Å². The third-order valence-electron chi connectivity index (χ3n) is 2.52. The molecular weight excluding hydrogens is 294 g/mol. The molecule has 0 aliphatic rings. The van der Waals surface area contributed by atoms with Crippen LogP contribution in [0.4, 0.5) is 11.6 Å². The first kappa shape index (κ1) is 15.1. The van der Waals surface area contributed by atoms with Crippen molar-refractivity contribution in [3.63, 3.8) is 0 Å². The number of nitro benzene ring substituents is 1. The highest BCUT2D eigenvalue weighted by molar-refractivity contribution is 6.03. The minimum absolute atomic E-state index is 0.105. The van der Waals surface area contributed by atoms with Gasteiger partial charge in [0.15, 0.2) is 0 Å². The number of carbonyl (C=O) groups is 2. The number of nitrogens with zero attached hydrogens (tertiary/aromatic N) is 3. The number of nitrogens with one attached hydrogen (secondary N) is 2. The zero-order valence-electron chi connectivity index (χ0n) is 11.4. The number of ether oxygens (including phenoxy) is 1. The summed E-state index contributed by atoms with van der Waals surface area (Å²) in [6.45, 7) is 1.83. The fourth-order valence-corrected chi connectivity index (χ4v) is 1.52. The van der Waals surface area contributed by atoms with E-state index >= 15 is 0 Å². The SMILES string of the molecule is CCOC(=O)c1nc(NC(=O)c2ccc([N+](=O)[O-])cc2)n[nH]1. The predicted molar refractivity (Wildman–Crippen MR) is 73.4 cm³/mol. The average Bonchev–Trinajstić information content (AvgIpc) is 2.96. The summed E-state index contributed by atoms with van der Waals surface area (Å²) in [4.78, 5) is 37.0. The minimum Gasteiger partial charge on any atom is -0.460 e. The lowest BCUT2D eigenvalue weighted by molar-refractivity contribution is -0.384. The first-order chi connectivity index (χ1) is 10.5. The molecule has 0 aliphatic heterocycles. The Morgan fingerprint density at radius 3 is 2.64 bits per heavy atom. The molecule has 10 nitrogen and oxygen atoms in total. The summed E-state index contributed by atoms with van der Waals surface area (Å²) in [5, 5.41) is 18.9. The maximum atomic E-state index is 11.9. The number of aromatic nitrogens is 3. The van der Waals surface area contributed by atoms with Gasteiger partial charge < -0.3 is 4.74 Å². The molecular formula is C12H11N5O5. The van der Waals surface area contributed by atoms with Crippen LogP contribution in [0.15, 0.2) is 24.3 Å². The summed E-state index contributed by atoms with van der Waals surface area (Å²) >= 11 is 0. The monoisotopic (exact) mass is 305 g/mol. The van der Waals surface area contributed by atoms with Gasteiger partial charge in [-0.1, -0.05) is 0 Å². The van der Waals surface area contributed by atoms with E-state index < -0.39 is 16.8 Å². The lowest BCUT2D eigenvalue weighted by atomic mass is 10.2. The van der Waals surface area contributed by atoms with E-state index in [0.717, 1.165) is 0 Å². The van der Waals surface area contributed by atoms with E-state index in [9.17, 15) is 19.7 Å². The number of esters is 1. The normalized spacial score (nSPS) is 10.0. The number of carbonyl (C=O) groups excluding carboxylic acids is 2. The van der Waals surface area contributed by atoms with Gasteiger partial charge in [-0.25, -0.2) is 4.79 Å². The molecule has 1 aromatic carbocycles. The standard InChI is InChI=1S/C12H11N5O5/c1-2-22-11(19)9-13-12(16-15-9)14-10(18)7-3-5-8(6-4-7)17(20)21/h3-6H,2H2,1H3,(H2,13,14,15,16,18). The van der Waals surface area contributed by atoms with E-state index in [0.29, 0.717) is 0 Å². The molecule has 1 heterocycles. The second-order valence-electron chi connectivity index (χ2n) is 3.99. The van der Waals surface area contributed by atoms with Crippen LogP contribution in [-0.4, -0.2) is 38.6 Å². The van der Waals surface area contributed by atoms with Crippen LogP contribution in [0.5, 0.6) is 0 Å². The maximum absolute atomic E-state index is 11.9. The zero-order chi connectivity index (χ0) is 16.1. The Bertz CT molecular complexity index is 709. The maximum Gasteiger partial charge on any atom is 0.375 e. The van der Waals surface area contributed by atoms with Gasteiger partial charge in [0.1, 0.15) is 0 Å². The van der Waals surface area contributed by atoms with Crippen molar-refractivity contribution < 1.29 is 19.2 Å². The summed E-state index contributed by atoms with van der Waals surface area (Å²) in [6, 6.07) is 5.01. The number of rotatable bonds is 5. The van der Waals surface area contributed by atoms with Crippen LogP contribution in [0.3, 0.4) is 0 Å².